The Balaban J connectivity index is 2.85. The molecule has 13 heavy (non-hydrogen) atoms. The van der Waals surface area contributed by atoms with E-state index in [1.54, 1.807) is 14.1 Å². The zero-order valence-electron chi connectivity index (χ0n) is 7.83. The molecule has 0 spiro atoms. The molecule has 0 bridgehead atoms. The number of aromatic amines is 1. The number of carbonyl (C=O) groups excluding carboxylic acids is 1. The molecule has 1 N–H and O–H groups in total. The lowest BCUT2D eigenvalue weighted by Gasteiger charge is -2.09. The Morgan fingerprint density at radius 3 is 2.69 bits per heavy atom. The van der Waals surface area contributed by atoms with Gasteiger partial charge in [-0.3, -0.25) is 9.32 Å². The molecule has 0 atom stereocenters. The number of hydrogen-bond donors (Lipinski definition) is 1. The predicted octanol–water partition coefficient (Wildman–Crippen LogP) is -1.23. The molecule has 1 aromatic heterocycles. The molecule has 0 aliphatic rings. The summed E-state index contributed by atoms with van der Waals surface area (Å²) >= 11 is 0. The number of aromatic nitrogens is 2. The Labute approximate surface area is 74.7 Å². The van der Waals surface area contributed by atoms with Gasteiger partial charge in [-0.2, -0.15) is 0 Å². The van der Waals surface area contributed by atoms with E-state index in [1.807, 2.05) is 0 Å². The Hall–Kier alpha value is -1.59. The minimum absolute atomic E-state index is 0.0967. The summed E-state index contributed by atoms with van der Waals surface area (Å²) < 4.78 is 5.97. The Morgan fingerprint density at radius 2 is 2.31 bits per heavy atom. The number of nitrogens with one attached hydrogen (secondary N) is 1. The number of nitrogens with zero attached hydrogens (tertiary/aromatic N) is 2. The largest absolute Gasteiger partial charge is 0.431 e. The minimum atomic E-state index is -0.449. The summed E-state index contributed by atoms with van der Waals surface area (Å²) in [5.74, 6) is -0.0967. The first-order valence-electron chi connectivity index (χ1n) is 3.80. The highest BCUT2D eigenvalue weighted by Gasteiger charge is 2.19. The molecule has 0 saturated carbocycles. The zero-order chi connectivity index (χ0) is 10.0. The summed E-state index contributed by atoms with van der Waals surface area (Å²) in [6.07, 6.45) is 0. The molecule has 1 amide bonds. The number of aryl methyl sites for hydroxylation is 1. The lowest BCUT2D eigenvalue weighted by atomic mass is 10.4. The van der Waals surface area contributed by atoms with Gasteiger partial charge in [0.25, 0.3) is 0 Å². The van der Waals surface area contributed by atoms with Crippen LogP contribution in [0.15, 0.2) is 9.32 Å². The molecule has 0 fully saturated rings. The third-order valence-corrected chi connectivity index (χ3v) is 1.84. The molecular weight excluding hydrogens is 174 g/mol. The number of hydrogen-bond acceptors (Lipinski definition) is 3. The van der Waals surface area contributed by atoms with Gasteiger partial charge >= 0.3 is 11.3 Å². The predicted molar refractivity (Wildman–Crippen MR) is 42.7 cm³/mol. The van der Waals surface area contributed by atoms with E-state index in [-0.39, 0.29) is 12.5 Å². The van der Waals surface area contributed by atoms with Gasteiger partial charge in [0.1, 0.15) is 6.54 Å². The number of rotatable bonds is 2. The lowest BCUT2D eigenvalue weighted by molar-refractivity contribution is -0.746. The third-order valence-electron chi connectivity index (χ3n) is 1.84. The summed E-state index contributed by atoms with van der Waals surface area (Å²) in [6.45, 7) is 1.69. The van der Waals surface area contributed by atoms with Crippen LogP contribution >= 0.6 is 0 Å². The van der Waals surface area contributed by atoms with Gasteiger partial charge in [-0.25, -0.2) is 4.79 Å². The third kappa shape index (κ3) is 1.95. The van der Waals surface area contributed by atoms with E-state index in [9.17, 15) is 9.59 Å². The molecule has 1 heterocycles. The molecule has 0 saturated heterocycles. The van der Waals surface area contributed by atoms with E-state index in [2.05, 4.69) is 9.79 Å². The van der Waals surface area contributed by atoms with E-state index in [0.29, 0.717) is 5.69 Å². The van der Waals surface area contributed by atoms with Crippen molar-refractivity contribution in [1.29, 1.82) is 0 Å². The van der Waals surface area contributed by atoms with Crippen LogP contribution in [0.25, 0.3) is 0 Å². The van der Waals surface area contributed by atoms with Crippen molar-refractivity contribution in [3.8, 4) is 0 Å². The maximum Gasteiger partial charge on any atom is 0.431 e. The van der Waals surface area contributed by atoms with Gasteiger partial charge < -0.3 is 4.90 Å². The number of amides is 1. The first-order chi connectivity index (χ1) is 6.02. The molecule has 1 aromatic rings. The molecule has 0 radical (unpaired) electrons. The van der Waals surface area contributed by atoms with Crippen molar-refractivity contribution in [3.63, 3.8) is 0 Å². The summed E-state index contributed by atoms with van der Waals surface area (Å²) in [5, 5.41) is 2.37. The van der Waals surface area contributed by atoms with Crippen molar-refractivity contribution in [2.45, 2.75) is 13.5 Å². The van der Waals surface area contributed by atoms with E-state index >= 15 is 0 Å². The molecule has 0 aliphatic heterocycles. The fourth-order valence-electron chi connectivity index (χ4n) is 0.867. The van der Waals surface area contributed by atoms with Crippen LogP contribution in [0.4, 0.5) is 0 Å². The molecule has 72 valence electrons. The second-order valence-corrected chi connectivity index (χ2v) is 2.86. The average Bonchev–Trinajstić information content (AvgIpc) is 2.35. The summed E-state index contributed by atoms with van der Waals surface area (Å²) in [4.78, 5) is 23.3. The minimum Gasteiger partial charge on any atom is -0.335 e. The van der Waals surface area contributed by atoms with Crippen molar-refractivity contribution in [2.24, 2.45) is 7.05 Å². The van der Waals surface area contributed by atoms with Crippen molar-refractivity contribution in [2.75, 3.05) is 7.05 Å². The SMILES string of the molecule is CC(=O)N(C)Cc1c(=O)o[nH][n+]1C. The van der Waals surface area contributed by atoms with Crippen LogP contribution < -0.4 is 10.3 Å². The summed E-state index contributed by atoms with van der Waals surface area (Å²) in [5.41, 5.74) is -0.0340. The lowest BCUT2D eigenvalue weighted by Crippen LogP contribution is -2.40. The van der Waals surface area contributed by atoms with E-state index in [1.165, 1.54) is 16.5 Å². The second kappa shape index (κ2) is 3.42. The molecule has 6 nitrogen and oxygen atoms in total. The highest BCUT2D eigenvalue weighted by molar-refractivity contribution is 5.72. The summed E-state index contributed by atoms with van der Waals surface area (Å²) in [7, 11) is 3.27. The van der Waals surface area contributed by atoms with Gasteiger partial charge in [0.05, 0.1) is 0 Å². The fourth-order valence-corrected chi connectivity index (χ4v) is 0.867. The van der Waals surface area contributed by atoms with Crippen LogP contribution in [-0.4, -0.2) is 23.1 Å². The van der Waals surface area contributed by atoms with E-state index in [4.69, 9.17) is 0 Å². The van der Waals surface area contributed by atoms with Gasteiger partial charge in [0.15, 0.2) is 7.05 Å². The van der Waals surface area contributed by atoms with Crippen LogP contribution in [0.1, 0.15) is 12.6 Å². The Morgan fingerprint density at radius 1 is 1.69 bits per heavy atom. The standard InChI is InChI=1S/C7H11N3O3/c1-5(11)9(2)4-6-7(12)13-8-10(6)3/h4H2,1-3H3/p+1. The van der Waals surface area contributed by atoms with Gasteiger partial charge in [-0.1, -0.05) is 4.68 Å². The zero-order valence-corrected chi connectivity index (χ0v) is 7.83. The Bertz CT molecular complexity index is 365. The number of H-pyrrole nitrogens is 1. The van der Waals surface area contributed by atoms with Crippen molar-refractivity contribution < 1.29 is 14.0 Å². The smallest absolute Gasteiger partial charge is 0.335 e. The quantitative estimate of drug-likeness (QED) is 0.588. The normalized spacial score (nSPS) is 10.1. The molecule has 0 aliphatic carbocycles. The maximum absolute atomic E-state index is 11.0. The van der Waals surface area contributed by atoms with Gasteiger partial charge in [-0.05, 0) is 5.27 Å². The molecule has 0 aromatic carbocycles. The van der Waals surface area contributed by atoms with Gasteiger partial charge in [-0.15, -0.1) is 0 Å². The van der Waals surface area contributed by atoms with E-state index in [0.717, 1.165) is 0 Å². The summed E-state index contributed by atoms with van der Waals surface area (Å²) in [6, 6.07) is 0. The van der Waals surface area contributed by atoms with Crippen LogP contribution in [0.3, 0.4) is 0 Å². The topological polar surface area (TPSA) is 70.2 Å². The fraction of sp³-hybridized carbons (Fsp3) is 0.571. The van der Waals surface area contributed by atoms with Crippen molar-refractivity contribution in [3.05, 3.63) is 16.1 Å². The molecule has 6 heteroatoms. The van der Waals surface area contributed by atoms with Crippen LogP contribution in [0.5, 0.6) is 0 Å². The first-order valence-corrected chi connectivity index (χ1v) is 3.80. The van der Waals surface area contributed by atoms with Gasteiger partial charge in [0, 0.05) is 14.0 Å². The van der Waals surface area contributed by atoms with Gasteiger partial charge in [0.2, 0.25) is 5.91 Å². The van der Waals surface area contributed by atoms with Crippen LogP contribution in [-0.2, 0) is 18.4 Å². The molecule has 1 rings (SSSR count). The Kier molecular flexibility index (Phi) is 2.50. The number of carbonyl (C=O) groups is 1. The van der Waals surface area contributed by atoms with Crippen molar-refractivity contribution in [1.82, 2.24) is 10.2 Å². The van der Waals surface area contributed by atoms with Crippen molar-refractivity contribution >= 4 is 5.91 Å². The average molecular weight is 186 g/mol. The maximum atomic E-state index is 11.0. The second-order valence-electron chi connectivity index (χ2n) is 2.86. The highest BCUT2D eigenvalue weighted by atomic mass is 16.5. The van der Waals surface area contributed by atoms with E-state index < -0.39 is 5.63 Å². The first kappa shape index (κ1) is 9.50. The molecule has 0 unspecified atom stereocenters. The van der Waals surface area contributed by atoms with Crippen LogP contribution in [0, 0.1) is 0 Å². The molecular formula is C7H12N3O3+. The van der Waals surface area contributed by atoms with Crippen LogP contribution in [0.2, 0.25) is 0 Å². The highest BCUT2D eigenvalue weighted by Crippen LogP contribution is 1.90. The monoisotopic (exact) mass is 186 g/mol.